The Labute approximate surface area is 97.5 Å². The molecule has 0 aliphatic rings. The fourth-order valence-corrected chi connectivity index (χ4v) is 2.85. The summed E-state index contributed by atoms with van der Waals surface area (Å²) in [5.41, 5.74) is 0. The minimum absolute atomic E-state index is 1.19. The molecule has 0 radical (unpaired) electrons. The summed E-state index contributed by atoms with van der Waals surface area (Å²) in [7, 11) is 3.84. The van der Waals surface area contributed by atoms with Crippen molar-refractivity contribution in [3.63, 3.8) is 0 Å². The molecule has 2 aromatic rings. The van der Waals surface area contributed by atoms with Gasteiger partial charge in [0.05, 0.1) is 6.21 Å². The third-order valence-electron chi connectivity index (χ3n) is 1.81. The van der Waals surface area contributed by atoms with Crippen LogP contribution >= 0.6 is 22.7 Å². The maximum absolute atomic E-state index is 4.21. The maximum atomic E-state index is 4.21. The Kier molecular flexibility index (Phi) is 3.18. The van der Waals surface area contributed by atoms with Gasteiger partial charge in [-0.1, -0.05) is 6.07 Å². The average Bonchev–Trinajstić information content (AvgIpc) is 2.85. The molecule has 0 bridgehead atoms. The van der Waals surface area contributed by atoms with Gasteiger partial charge in [0.1, 0.15) is 0 Å². The predicted molar refractivity (Wildman–Crippen MR) is 68.9 cm³/mol. The van der Waals surface area contributed by atoms with Gasteiger partial charge in [-0.15, -0.1) is 22.7 Å². The highest BCUT2D eigenvalue weighted by Gasteiger charge is 2.01. The van der Waals surface area contributed by atoms with Crippen LogP contribution in [-0.2, 0) is 0 Å². The van der Waals surface area contributed by atoms with Gasteiger partial charge in [0.15, 0.2) is 0 Å². The molecular formula is C11H12N2S2. The summed E-state index contributed by atoms with van der Waals surface area (Å²) >= 11 is 3.54. The van der Waals surface area contributed by atoms with Crippen molar-refractivity contribution in [3.05, 3.63) is 34.5 Å². The number of hydrogen-bond acceptors (Lipinski definition) is 4. The summed E-state index contributed by atoms with van der Waals surface area (Å²) in [4.78, 5) is 3.82. The first-order valence-electron chi connectivity index (χ1n) is 4.61. The molecule has 78 valence electrons. The Balaban J connectivity index is 2.18. The van der Waals surface area contributed by atoms with Gasteiger partial charge < -0.3 is 5.01 Å². The van der Waals surface area contributed by atoms with Gasteiger partial charge in [-0.25, -0.2) is 0 Å². The zero-order valence-corrected chi connectivity index (χ0v) is 10.3. The molecule has 0 N–H and O–H groups in total. The molecule has 4 heteroatoms. The molecule has 2 aromatic heterocycles. The van der Waals surface area contributed by atoms with Crippen molar-refractivity contribution in [2.45, 2.75) is 0 Å². The van der Waals surface area contributed by atoms with Crippen molar-refractivity contribution in [1.82, 2.24) is 5.01 Å². The Bertz CT molecular complexity index is 441. The largest absolute Gasteiger partial charge is 0.303 e. The van der Waals surface area contributed by atoms with Crippen LogP contribution in [-0.4, -0.2) is 25.3 Å². The monoisotopic (exact) mass is 236 g/mol. The molecule has 2 heterocycles. The van der Waals surface area contributed by atoms with E-state index in [0.29, 0.717) is 0 Å². The third kappa shape index (κ3) is 2.67. The quantitative estimate of drug-likeness (QED) is 0.589. The number of nitrogens with zero attached hydrogens (tertiary/aromatic N) is 2. The zero-order chi connectivity index (χ0) is 10.7. The smallest absolute Gasteiger partial charge is 0.0642 e. The summed E-state index contributed by atoms with van der Waals surface area (Å²) in [6.07, 6.45) is 1.89. The lowest BCUT2D eigenvalue weighted by Crippen LogP contribution is -2.01. The highest BCUT2D eigenvalue weighted by molar-refractivity contribution is 7.22. The Morgan fingerprint density at radius 3 is 2.73 bits per heavy atom. The van der Waals surface area contributed by atoms with Crippen LogP contribution in [0.3, 0.4) is 0 Å². The van der Waals surface area contributed by atoms with Crippen molar-refractivity contribution >= 4 is 28.9 Å². The second-order valence-corrected chi connectivity index (χ2v) is 5.33. The average molecular weight is 236 g/mol. The fourth-order valence-electron chi connectivity index (χ4n) is 1.15. The number of thiophene rings is 2. The highest BCUT2D eigenvalue weighted by Crippen LogP contribution is 2.30. The number of hydrogen-bond donors (Lipinski definition) is 0. The lowest BCUT2D eigenvalue weighted by atomic mass is 10.4. The standard InChI is InChI=1S/C11H12N2S2/c1-13(2)12-8-9-5-6-11(15-9)10-4-3-7-14-10/h3-8H,1-2H3/b12-8+. The van der Waals surface area contributed by atoms with Crippen LogP contribution in [0.4, 0.5) is 0 Å². The molecule has 0 amide bonds. The van der Waals surface area contributed by atoms with E-state index in [1.54, 1.807) is 27.7 Å². The first-order valence-corrected chi connectivity index (χ1v) is 6.30. The number of rotatable bonds is 3. The lowest BCUT2D eigenvalue weighted by Gasteiger charge is -2.00. The second-order valence-electron chi connectivity index (χ2n) is 3.27. The highest BCUT2D eigenvalue weighted by atomic mass is 32.1. The van der Waals surface area contributed by atoms with Gasteiger partial charge in [0.25, 0.3) is 0 Å². The van der Waals surface area contributed by atoms with E-state index < -0.39 is 0 Å². The molecule has 0 unspecified atom stereocenters. The van der Waals surface area contributed by atoms with E-state index in [0.717, 1.165) is 0 Å². The summed E-state index contributed by atoms with van der Waals surface area (Å²) in [5.74, 6) is 0. The van der Waals surface area contributed by atoms with Gasteiger partial charge in [-0.3, -0.25) is 0 Å². The van der Waals surface area contributed by atoms with Gasteiger partial charge in [0, 0.05) is 28.7 Å². The summed E-state index contributed by atoms with van der Waals surface area (Å²) in [6, 6.07) is 8.47. The summed E-state index contributed by atoms with van der Waals surface area (Å²) < 4.78 is 0. The zero-order valence-electron chi connectivity index (χ0n) is 8.68. The molecule has 0 fully saturated rings. The van der Waals surface area contributed by atoms with Gasteiger partial charge in [-0.05, 0) is 23.6 Å². The normalized spacial score (nSPS) is 11.1. The maximum Gasteiger partial charge on any atom is 0.0642 e. The SMILES string of the molecule is CN(C)/N=C/c1ccc(-c2cccs2)s1. The lowest BCUT2D eigenvalue weighted by molar-refractivity contribution is 0.440. The van der Waals surface area contributed by atoms with Crippen molar-refractivity contribution in [2.75, 3.05) is 14.1 Å². The molecule has 2 nitrogen and oxygen atoms in total. The van der Waals surface area contributed by atoms with E-state index in [9.17, 15) is 0 Å². The summed E-state index contributed by atoms with van der Waals surface area (Å²) in [6.45, 7) is 0. The van der Waals surface area contributed by atoms with Crippen LogP contribution in [0.5, 0.6) is 0 Å². The predicted octanol–water partition coefficient (Wildman–Crippen LogP) is 3.37. The number of hydrazone groups is 1. The van der Waals surface area contributed by atoms with Crippen LogP contribution in [0.25, 0.3) is 9.75 Å². The Morgan fingerprint density at radius 1 is 1.20 bits per heavy atom. The van der Waals surface area contributed by atoms with Crippen LogP contribution in [0.15, 0.2) is 34.7 Å². The van der Waals surface area contributed by atoms with Crippen molar-refractivity contribution in [2.24, 2.45) is 5.10 Å². The van der Waals surface area contributed by atoms with Gasteiger partial charge in [0.2, 0.25) is 0 Å². The third-order valence-corrected chi connectivity index (χ3v) is 3.89. The Hall–Kier alpha value is -1.13. The van der Waals surface area contributed by atoms with Crippen molar-refractivity contribution in [1.29, 1.82) is 0 Å². The van der Waals surface area contributed by atoms with E-state index >= 15 is 0 Å². The van der Waals surface area contributed by atoms with E-state index in [1.807, 2.05) is 20.3 Å². The van der Waals surface area contributed by atoms with E-state index in [4.69, 9.17) is 0 Å². The molecule has 0 atom stereocenters. The van der Waals surface area contributed by atoms with Crippen LogP contribution in [0.1, 0.15) is 4.88 Å². The van der Waals surface area contributed by atoms with Gasteiger partial charge >= 0.3 is 0 Å². The Morgan fingerprint density at radius 2 is 2.07 bits per heavy atom. The first-order chi connectivity index (χ1) is 7.25. The molecule has 0 aliphatic heterocycles. The molecular weight excluding hydrogens is 224 g/mol. The minimum Gasteiger partial charge on any atom is -0.303 e. The second kappa shape index (κ2) is 4.59. The molecule has 15 heavy (non-hydrogen) atoms. The molecule has 2 rings (SSSR count). The molecule has 0 spiro atoms. The van der Waals surface area contributed by atoms with Crippen LogP contribution < -0.4 is 0 Å². The molecule has 0 aliphatic carbocycles. The minimum atomic E-state index is 1.19. The van der Waals surface area contributed by atoms with E-state index in [2.05, 4.69) is 34.7 Å². The van der Waals surface area contributed by atoms with Crippen molar-refractivity contribution < 1.29 is 0 Å². The molecule has 0 saturated carbocycles. The van der Waals surface area contributed by atoms with E-state index in [-0.39, 0.29) is 0 Å². The van der Waals surface area contributed by atoms with E-state index in [1.165, 1.54) is 14.6 Å². The van der Waals surface area contributed by atoms with Crippen LogP contribution in [0.2, 0.25) is 0 Å². The van der Waals surface area contributed by atoms with Crippen molar-refractivity contribution in [3.8, 4) is 9.75 Å². The molecule has 0 aromatic carbocycles. The fraction of sp³-hybridized carbons (Fsp3) is 0.182. The van der Waals surface area contributed by atoms with Crippen LogP contribution in [0, 0.1) is 0 Å². The first kappa shape index (κ1) is 10.4. The summed E-state index contributed by atoms with van der Waals surface area (Å²) in [5, 5.41) is 8.11. The molecule has 0 saturated heterocycles. The topological polar surface area (TPSA) is 15.6 Å². The van der Waals surface area contributed by atoms with Gasteiger partial charge in [-0.2, -0.15) is 5.10 Å².